The summed E-state index contributed by atoms with van der Waals surface area (Å²) in [7, 11) is 3.19. The van der Waals surface area contributed by atoms with E-state index in [4.69, 9.17) is 15.3 Å². The number of aromatic nitrogens is 1. The monoisotopic (exact) mass is 773 g/mol. The molecule has 6 N–H and O–H groups in total. The van der Waals surface area contributed by atoms with E-state index in [1.54, 1.807) is 27.8 Å². The number of hydrogen-bond acceptors (Lipinski definition) is 13. The number of carbonyl (C=O) groups is 5. The average molecular weight is 774 g/mol. The zero-order chi connectivity index (χ0) is 38.3. The molecular weight excluding hydrogens is 719 g/mol. The molecule has 0 bridgehead atoms. The highest BCUT2D eigenvalue weighted by Crippen LogP contribution is 2.28. The van der Waals surface area contributed by atoms with Gasteiger partial charge in [-0.05, 0) is 78.8 Å². The minimum Gasteiger partial charge on any atom is -0.445 e. The van der Waals surface area contributed by atoms with Crippen LogP contribution in [0.25, 0.3) is 0 Å². The minimum absolute atomic E-state index is 0.0103. The van der Waals surface area contributed by atoms with Gasteiger partial charge < -0.3 is 36.6 Å². The molecule has 1 aromatic heterocycles. The minimum atomic E-state index is -0.599. The van der Waals surface area contributed by atoms with Crippen molar-refractivity contribution in [2.45, 2.75) is 102 Å². The number of carbonyl (C=O) groups excluding carboxylic acids is 5. The van der Waals surface area contributed by atoms with Gasteiger partial charge >= 0.3 is 12.1 Å². The van der Waals surface area contributed by atoms with Crippen LogP contribution in [0.4, 0.5) is 10.5 Å². The SMILES string of the molecule is CC(C)[C@@H](CN[C@@H](CCCN)CNc1ccc(COC(=O)NCCSSc2ccccn2)cc1)NC(=O)CCCCCCC(=O)ON1C(=O)CCC1=O. The molecule has 0 unspecified atom stereocenters. The third-order valence-electron chi connectivity index (χ3n) is 8.38. The summed E-state index contributed by atoms with van der Waals surface area (Å²) in [6, 6.07) is 13.6. The van der Waals surface area contributed by atoms with Crippen LogP contribution in [-0.4, -0.2) is 83.8 Å². The van der Waals surface area contributed by atoms with Crippen LogP contribution in [0.15, 0.2) is 53.7 Å². The molecule has 16 heteroatoms. The second-order valence-electron chi connectivity index (χ2n) is 13.1. The molecule has 0 aliphatic carbocycles. The van der Waals surface area contributed by atoms with Gasteiger partial charge in [0.15, 0.2) is 0 Å². The van der Waals surface area contributed by atoms with Gasteiger partial charge in [-0.2, -0.15) is 0 Å². The van der Waals surface area contributed by atoms with Crippen molar-refractivity contribution in [3.63, 3.8) is 0 Å². The van der Waals surface area contributed by atoms with Crippen molar-refractivity contribution in [3.8, 4) is 0 Å². The number of pyridine rings is 1. The van der Waals surface area contributed by atoms with Gasteiger partial charge in [-0.15, -0.1) is 5.06 Å². The van der Waals surface area contributed by atoms with E-state index < -0.39 is 23.9 Å². The van der Waals surface area contributed by atoms with E-state index in [9.17, 15) is 24.0 Å². The molecule has 2 atom stereocenters. The third kappa shape index (κ3) is 18.2. The zero-order valence-corrected chi connectivity index (χ0v) is 32.4. The lowest BCUT2D eigenvalue weighted by Gasteiger charge is -2.27. The number of benzene rings is 1. The molecule has 1 fully saturated rings. The van der Waals surface area contributed by atoms with E-state index in [-0.39, 0.29) is 49.8 Å². The van der Waals surface area contributed by atoms with Gasteiger partial charge in [0.2, 0.25) is 5.91 Å². The molecule has 1 aromatic carbocycles. The average Bonchev–Trinajstić information content (AvgIpc) is 3.47. The topological polar surface area (TPSA) is 194 Å². The predicted molar refractivity (Wildman–Crippen MR) is 207 cm³/mol. The van der Waals surface area contributed by atoms with Crippen LogP contribution < -0.4 is 27.0 Å². The summed E-state index contributed by atoms with van der Waals surface area (Å²) in [5.41, 5.74) is 7.65. The zero-order valence-electron chi connectivity index (χ0n) is 30.8. The quantitative estimate of drug-likeness (QED) is 0.0491. The highest BCUT2D eigenvalue weighted by Gasteiger charge is 2.32. The van der Waals surface area contributed by atoms with E-state index in [1.165, 1.54) is 0 Å². The summed E-state index contributed by atoms with van der Waals surface area (Å²) in [6.45, 7) is 6.72. The molecule has 14 nitrogen and oxygen atoms in total. The van der Waals surface area contributed by atoms with Gasteiger partial charge in [0.1, 0.15) is 11.6 Å². The van der Waals surface area contributed by atoms with Crippen molar-refractivity contribution < 1.29 is 33.5 Å². The summed E-state index contributed by atoms with van der Waals surface area (Å²) >= 11 is 0. The Labute approximate surface area is 320 Å². The van der Waals surface area contributed by atoms with Crippen molar-refractivity contribution in [2.75, 3.05) is 37.2 Å². The molecule has 1 saturated heterocycles. The first kappa shape index (κ1) is 43.5. The highest BCUT2D eigenvalue weighted by atomic mass is 33.1. The maximum Gasteiger partial charge on any atom is 0.407 e. The lowest BCUT2D eigenvalue weighted by molar-refractivity contribution is -0.197. The Morgan fingerprint density at radius 3 is 2.36 bits per heavy atom. The summed E-state index contributed by atoms with van der Waals surface area (Å²) in [6.07, 6.45) is 6.43. The second-order valence-corrected chi connectivity index (χ2v) is 15.5. The number of ether oxygens (including phenoxy) is 1. The Morgan fingerprint density at radius 1 is 0.943 bits per heavy atom. The normalized spacial score (nSPS) is 13.8. The molecular formula is C37H55N7O7S2. The first-order valence-corrected chi connectivity index (χ1v) is 20.7. The summed E-state index contributed by atoms with van der Waals surface area (Å²) in [4.78, 5) is 69.1. The van der Waals surface area contributed by atoms with Crippen LogP contribution in [0.5, 0.6) is 0 Å². The summed E-state index contributed by atoms with van der Waals surface area (Å²) in [5.74, 6) is -0.629. The summed E-state index contributed by atoms with van der Waals surface area (Å²) in [5, 5.41) is 14.5. The number of hydroxylamine groups is 2. The lowest BCUT2D eigenvalue weighted by atomic mass is 10.0. The van der Waals surface area contributed by atoms with Crippen molar-refractivity contribution in [1.29, 1.82) is 0 Å². The van der Waals surface area contributed by atoms with Crippen LogP contribution in [0.3, 0.4) is 0 Å². The van der Waals surface area contributed by atoms with Crippen molar-refractivity contribution in [1.82, 2.24) is 26.0 Å². The number of imide groups is 1. The van der Waals surface area contributed by atoms with Crippen LogP contribution in [0.2, 0.25) is 0 Å². The van der Waals surface area contributed by atoms with Gasteiger partial charge in [0.05, 0.1) is 0 Å². The van der Waals surface area contributed by atoms with Gasteiger partial charge in [-0.25, -0.2) is 14.6 Å². The molecule has 0 saturated carbocycles. The molecule has 1 aliphatic heterocycles. The van der Waals surface area contributed by atoms with E-state index in [0.29, 0.717) is 50.5 Å². The molecule has 292 valence electrons. The summed E-state index contributed by atoms with van der Waals surface area (Å²) < 4.78 is 5.36. The Kier molecular flexibility index (Phi) is 20.7. The smallest absolute Gasteiger partial charge is 0.407 e. The molecule has 2 heterocycles. The molecule has 53 heavy (non-hydrogen) atoms. The van der Waals surface area contributed by atoms with Crippen LogP contribution >= 0.6 is 21.6 Å². The molecule has 1 aliphatic rings. The molecule has 0 radical (unpaired) electrons. The van der Waals surface area contributed by atoms with Gasteiger partial charge in [-0.3, -0.25) is 14.4 Å². The van der Waals surface area contributed by atoms with Crippen LogP contribution in [0.1, 0.15) is 83.6 Å². The van der Waals surface area contributed by atoms with Crippen LogP contribution in [-0.2, 0) is 35.4 Å². The number of nitrogens with two attached hydrogens (primary N) is 1. The number of nitrogens with one attached hydrogen (secondary N) is 4. The van der Waals surface area contributed by atoms with Gasteiger partial charge in [-0.1, -0.05) is 55.7 Å². The number of unbranched alkanes of at least 4 members (excludes halogenated alkanes) is 3. The van der Waals surface area contributed by atoms with Gasteiger partial charge in [0.25, 0.3) is 11.8 Å². The van der Waals surface area contributed by atoms with E-state index in [1.807, 2.05) is 42.5 Å². The lowest BCUT2D eigenvalue weighted by Crippen LogP contribution is -2.49. The first-order chi connectivity index (χ1) is 25.6. The number of hydrogen-bond donors (Lipinski definition) is 5. The first-order valence-electron chi connectivity index (χ1n) is 18.4. The van der Waals surface area contributed by atoms with E-state index in [2.05, 4.69) is 40.1 Å². The van der Waals surface area contributed by atoms with Crippen molar-refractivity contribution in [2.24, 2.45) is 11.7 Å². The number of rotatable bonds is 26. The molecule has 2 aromatic rings. The van der Waals surface area contributed by atoms with Crippen molar-refractivity contribution >= 4 is 57.1 Å². The van der Waals surface area contributed by atoms with Crippen LogP contribution in [0, 0.1) is 5.92 Å². The third-order valence-corrected chi connectivity index (χ3v) is 10.6. The largest absolute Gasteiger partial charge is 0.445 e. The number of anilines is 1. The number of alkyl carbamates (subject to hydrolysis) is 1. The van der Waals surface area contributed by atoms with E-state index >= 15 is 0 Å². The standard InChI is InChI=1S/C37H55N7O7S2/c1-27(2)31(43-32(45)11-5-3-4-6-13-36(48)51-44-34(46)18-19-35(44)47)25-42-30(10-9-20-38)24-41-29-16-14-28(15-17-29)26-50-37(49)40-22-23-52-53-33-12-7-8-21-39-33/h7-8,12,14-17,21,27,30-31,41-42H,3-6,9-11,13,18-20,22-26,38H2,1-2H3,(H,40,49)(H,43,45)/t30-,31+/m0/s1. The van der Waals surface area contributed by atoms with Crippen molar-refractivity contribution in [3.05, 3.63) is 54.2 Å². The predicted octanol–water partition coefficient (Wildman–Crippen LogP) is 4.95. The second kappa shape index (κ2) is 25.2. The molecule has 3 rings (SSSR count). The highest BCUT2D eigenvalue weighted by molar-refractivity contribution is 8.76. The van der Waals surface area contributed by atoms with E-state index in [0.717, 1.165) is 47.7 Å². The number of nitrogens with zero attached hydrogens (tertiary/aromatic N) is 2. The fourth-order valence-electron chi connectivity index (χ4n) is 5.23. The Balaban J connectivity index is 1.29. The Bertz CT molecular complexity index is 1400. The fraction of sp³-hybridized carbons (Fsp3) is 0.568. The number of amides is 4. The maximum absolute atomic E-state index is 12.8. The molecule has 0 spiro atoms. The molecule has 4 amide bonds. The fourth-order valence-corrected chi connectivity index (χ4v) is 7.02. The van der Waals surface area contributed by atoms with Gasteiger partial charge in [0, 0.05) is 75.0 Å². The Hall–Kier alpha value is -3.86. The Morgan fingerprint density at radius 2 is 1.68 bits per heavy atom. The maximum atomic E-state index is 12.8.